The highest BCUT2D eigenvalue weighted by atomic mass is 16.3. The van der Waals surface area contributed by atoms with Gasteiger partial charge in [0.15, 0.2) is 0 Å². The third-order valence-corrected chi connectivity index (χ3v) is 4.55. The number of fused-ring (bicyclic) bond motifs is 1. The summed E-state index contributed by atoms with van der Waals surface area (Å²) in [6.07, 6.45) is 3.32. The molecule has 1 unspecified atom stereocenters. The van der Waals surface area contributed by atoms with Crippen LogP contribution in [-0.2, 0) is 0 Å². The van der Waals surface area contributed by atoms with E-state index in [1.165, 1.54) is 12.1 Å². The van der Waals surface area contributed by atoms with Crippen molar-refractivity contribution in [1.29, 1.82) is 0 Å². The SMILES string of the molecule is CC(CO)N1CCC(n2cnc3cc(O)ccc3c2=O)CC1. The molecular formula is C16H21N3O3. The van der Waals surface area contributed by atoms with Crippen LogP contribution >= 0.6 is 0 Å². The Morgan fingerprint density at radius 2 is 2.09 bits per heavy atom. The minimum absolute atomic E-state index is 0.0568. The molecule has 0 aliphatic carbocycles. The van der Waals surface area contributed by atoms with Crippen LogP contribution in [0.25, 0.3) is 10.9 Å². The first-order valence-corrected chi connectivity index (χ1v) is 7.65. The zero-order chi connectivity index (χ0) is 15.7. The lowest BCUT2D eigenvalue weighted by Gasteiger charge is -2.35. The summed E-state index contributed by atoms with van der Waals surface area (Å²) in [4.78, 5) is 19.1. The van der Waals surface area contributed by atoms with Gasteiger partial charge in [-0.2, -0.15) is 0 Å². The maximum atomic E-state index is 12.6. The second-order valence-corrected chi connectivity index (χ2v) is 5.96. The second kappa shape index (κ2) is 6.06. The lowest BCUT2D eigenvalue weighted by molar-refractivity contribution is 0.0975. The number of aliphatic hydroxyl groups is 1. The molecule has 1 aromatic heterocycles. The number of likely N-dealkylation sites (tertiary alicyclic amines) is 1. The topological polar surface area (TPSA) is 78.6 Å². The molecule has 0 bridgehead atoms. The largest absolute Gasteiger partial charge is 0.508 e. The number of rotatable bonds is 3. The van der Waals surface area contributed by atoms with E-state index in [9.17, 15) is 15.0 Å². The number of hydrogen-bond donors (Lipinski definition) is 2. The molecule has 1 aliphatic rings. The molecule has 1 saturated heterocycles. The fraction of sp³-hybridized carbons (Fsp3) is 0.500. The lowest BCUT2D eigenvalue weighted by Crippen LogP contribution is -2.43. The molecule has 3 rings (SSSR count). The van der Waals surface area contributed by atoms with Crippen LogP contribution in [-0.4, -0.2) is 50.4 Å². The van der Waals surface area contributed by atoms with Gasteiger partial charge in [0, 0.05) is 31.2 Å². The van der Waals surface area contributed by atoms with E-state index < -0.39 is 0 Å². The quantitative estimate of drug-likeness (QED) is 0.888. The molecule has 6 heteroatoms. The predicted molar refractivity (Wildman–Crippen MR) is 84.1 cm³/mol. The Morgan fingerprint density at radius 3 is 2.77 bits per heavy atom. The van der Waals surface area contributed by atoms with E-state index in [2.05, 4.69) is 9.88 Å². The minimum atomic E-state index is -0.0568. The fourth-order valence-electron chi connectivity index (χ4n) is 3.10. The average molecular weight is 303 g/mol. The molecule has 0 radical (unpaired) electrons. The fourth-order valence-corrected chi connectivity index (χ4v) is 3.10. The van der Waals surface area contributed by atoms with Gasteiger partial charge < -0.3 is 10.2 Å². The Hall–Kier alpha value is -1.92. The van der Waals surface area contributed by atoms with Gasteiger partial charge in [0.2, 0.25) is 0 Å². The summed E-state index contributed by atoms with van der Waals surface area (Å²) in [6.45, 7) is 3.90. The van der Waals surface area contributed by atoms with Crippen LogP contribution in [0.4, 0.5) is 0 Å². The summed E-state index contributed by atoms with van der Waals surface area (Å²) in [5, 5.41) is 19.2. The van der Waals surface area contributed by atoms with Crippen LogP contribution in [0.15, 0.2) is 29.3 Å². The monoisotopic (exact) mass is 303 g/mol. The molecule has 0 saturated carbocycles. The summed E-state index contributed by atoms with van der Waals surface area (Å²) in [7, 11) is 0. The number of phenols is 1. The molecule has 22 heavy (non-hydrogen) atoms. The third kappa shape index (κ3) is 2.71. The summed E-state index contributed by atoms with van der Waals surface area (Å²) < 4.78 is 1.71. The highest BCUT2D eigenvalue weighted by Crippen LogP contribution is 2.23. The van der Waals surface area contributed by atoms with Gasteiger partial charge in [-0.15, -0.1) is 0 Å². The Morgan fingerprint density at radius 1 is 1.36 bits per heavy atom. The molecule has 2 aromatic rings. The zero-order valence-corrected chi connectivity index (χ0v) is 12.6. The first kappa shape index (κ1) is 15.0. The van der Waals surface area contributed by atoms with Gasteiger partial charge >= 0.3 is 0 Å². The zero-order valence-electron chi connectivity index (χ0n) is 12.6. The normalized spacial score (nSPS) is 18.6. The summed E-state index contributed by atoms with van der Waals surface area (Å²) >= 11 is 0. The van der Waals surface area contributed by atoms with Crippen molar-refractivity contribution in [3.8, 4) is 5.75 Å². The van der Waals surface area contributed by atoms with E-state index in [1.54, 1.807) is 17.0 Å². The van der Waals surface area contributed by atoms with Crippen molar-refractivity contribution in [3.05, 3.63) is 34.9 Å². The molecular weight excluding hydrogens is 282 g/mol. The van der Waals surface area contributed by atoms with Gasteiger partial charge in [0.05, 0.1) is 23.8 Å². The van der Waals surface area contributed by atoms with Crippen molar-refractivity contribution < 1.29 is 10.2 Å². The number of piperidine rings is 1. The molecule has 1 aliphatic heterocycles. The van der Waals surface area contributed by atoms with Gasteiger partial charge in [-0.3, -0.25) is 14.3 Å². The molecule has 6 nitrogen and oxygen atoms in total. The predicted octanol–water partition coefficient (Wildman–Crippen LogP) is 1.12. The first-order valence-electron chi connectivity index (χ1n) is 7.65. The molecule has 1 fully saturated rings. The second-order valence-electron chi connectivity index (χ2n) is 5.96. The van der Waals surface area contributed by atoms with Crippen molar-refractivity contribution in [2.24, 2.45) is 0 Å². The number of aromatic nitrogens is 2. The van der Waals surface area contributed by atoms with E-state index in [4.69, 9.17) is 0 Å². The van der Waals surface area contributed by atoms with Crippen LogP contribution in [0, 0.1) is 0 Å². The van der Waals surface area contributed by atoms with Crippen LogP contribution in [0.1, 0.15) is 25.8 Å². The molecule has 0 spiro atoms. The van der Waals surface area contributed by atoms with E-state index in [1.807, 2.05) is 6.92 Å². The molecule has 2 N–H and O–H groups in total. The van der Waals surface area contributed by atoms with Crippen molar-refractivity contribution in [3.63, 3.8) is 0 Å². The lowest BCUT2D eigenvalue weighted by atomic mass is 10.0. The maximum Gasteiger partial charge on any atom is 0.261 e. The summed E-state index contributed by atoms with van der Waals surface area (Å²) in [5.74, 6) is 0.114. The van der Waals surface area contributed by atoms with E-state index in [-0.39, 0.29) is 30.0 Å². The third-order valence-electron chi connectivity index (χ3n) is 4.55. The molecule has 2 heterocycles. The number of aliphatic hydroxyl groups excluding tert-OH is 1. The number of benzene rings is 1. The van der Waals surface area contributed by atoms with Gasteiger partial charge in [-0.1, -0.05) is 0 Å². The maximum absolute atomic E-state index is 12.6. The first-order chi connectivity index (χ1) is 10.6. The minimum Gasteiger partial charge on any atom is -0.508 e. The Kier molecular flexibility index (Phi) is 4.13. The van der Waals surface area contributed by atoms with Gasteiger partial charge in [-0.05, 0) is 31.9 Å². The molecule has 1 aromatic carbocycles. The molecule has 1 atom stereocenters. The van der Waals surface area contributed by atoms with Gasteiger partial charge in [0.25, 0.3) is 5.56 Å². The van der Waals surface area contributed by atoms with E-state index in [0.717, 1.165) is 25.9 Å². The van der Waals surface area contributed by atoms with E-state index in [0.29, 0.717) is 10.9 Å². The van der Waals surface area contributed by atoms with Crippen molar-refractivity contribution in [2.45, 2.75) is 31.8 Å². The van der Waals surface area contributed by atoms with Crippen molar-refractivity contribution in [2.75, 3.05) is 19.7 Å². The Bertz CT molecular complexity index is 720. The summed E-state index contributed by atoms with van der Waals surface area (Å²) in [5.41, 5.74) is 0.464. The van der Waals surface area contributed by atoms with Crippen LogP contribution in [0.2, 0.25) is 0 Å². The van der Waals surface area contributed by atoms with E-state index >= 15 is 0 Å². The Labute approximate surface area is 128 Å². The Balaban J connectivity index is 1.84. The highest BCUT2D eigenvalue weighted by Gasteiger charge is 2.24. The van der Waals surface area contributed by atoms with Crippen LogP contribution < -0.4 is 5.56 Å². The van der Waals surface area contributed by atoms with Crippen molar-refractivity contribution >= 4 is 10.9 Å². The smallest absolute Gasteiger partial charge is 0.261 e. The number of phenolic OH excluding ortho intramolecular Hbond substituents is 1. The number of aromatic hydroxyl groups is 1. The van der Waals surface area contributed by atoms with Gasteiger partial charge in [-0.25, -0.2) is 4.98 Å². The highest BCUT2D eigenvalue weighted by molar-refractivity contribution is 5.78. The standard InChI is InChI=1S/C16H21N3O3/c1-11(9-20)18-6-4-12(5-7-18)19-10-17-15-8-13(21)2-3-14(15)16(19)22/h2-3,8,10-12,20-21H,4-7,9H2,1H3. The van der Waals surface area contributed by atoms with Crippen molar-refractivity contribution in [1.82, 2.24) is 14.5 Å². The molecule has 0 amide bonds. The summed E-state index contributed by atoms with van der Waals surface area (Å²) in [6, 6.07) is 4.95. The molecule has 118 valence electrons. The average Bonchev–Trinajstić information content (AvgIpc) is 2.54. The van der Waals surface area contributed by atoms with Crippen LogP contribution in [0.5, 0.6) is 5.75 Å². The van der Waals surface area contributed by atoms with Crippen LogP contribution in [0.3, 0.4) is 0 Å². The number of hydrogen-bond acceptors (Lipinski definition) is 5. The van der Waals surface area contributed by atoms with Gasteiger partial charge in [0.1, 0.15) is 5.75 Å². The number of nitrogens with zero attached hydrogens (tertiary/aromatic N) is 3.